The first-order chi connectivity index (χ1) is 16.9. The van der Waals surface area contributed by atoms with Gasteiger partial charge in [0.15, 0.2) is 6.61 Å². The van der Waals surface area contributed by atoms with Crippen molar-refractivity contribution in [3.8, 4) is 5.75 Å². The predicted molar refractivity (Wildman–Crippen MR) is 126 cm³/mol. The van der Waals surface area contributed by atoms with Gasteiger partial charge in [0, 0.05) is 5.41 Å². The number of halogens is 4. The molecule has 0 fully saturated rings. The van der Waals surface area contributed by atoms with Crippen molar-refractivity contribution in [3.05, 3.63) is 101 Å². The number of hydrazone groups is 1. The van der Waals surface area contributed by atoms with Crippen LogP contribution < -0.4 is 4.74 Å². The number of amides is 1. The molecule has 0 radical (unpaired) electrons. The topological polar surface area (TPSA) is 62.1 Å². The Morgan fingerprint density at radius 3 is 2.14 bits per heavy atom. The van der Waals surface area contributed by atoms with Gasteiger partial charge in [-0.25, -0.2) is 4.39 Å². The summed E-state index contributed by atoms with van der Waals surface area (Å²) in [5.74, 6) is -1.49. The Kier molecular flexibility index (Phi) is 6.62. The zero-order valence-electron chi connectivity index (χ0n) is 19.6. The molecule has 5 nitrogen and oxygen atoms in total. The average Bonchev–Trinajstić information content (AvgIpc) is 3.23. The highest BCUT2D eigenvalue weighted by Crippen LogP contribution is 2.41. The fourth-order valence-corrected chi connectivity index (χ4v) is 4.03. The minimum atomic E-state index is -5.18. The van der Waals surface area contributed by atoms with Gasteiger partial charge >= 0.3 is 6.18 Å². The number of ether oxygens (including phenoxy) is 1. The average molecular weight is 500 g/mol. The molecule has 1 amide bonds. The molecule has 3 aromatic rings. The first-order valence-electron chi connectivity index (χ1n) is 11.2. The Hall–Kier alpha value is -3.72. The maximum Gasteiger partial charge on any atom is 0.438 e. The van der Waals surface area contributed by atoms with E-state index in [1.54, 1.807) is 12.1 Å². The number of benzene rings is 3. The Morgan fingerprint density at radius 1 is 0.972 bits per heavy atom. The molecule has 188 valence electrons. The minimum Gasteiger partial charge on any atom is -0.484 e. The Labute approximate surface area is 205 Å². The van der Waals surface area contributed by atoms with Crippen LogP contribution in [-0.4, -0.2) is 40.2 Å². The van der Waals surface area contributed by atoms with E-state index in [2.05, 4.69) is 18.9 Å². The molecule has 0 bridgehead atoms. The van der Waals surface area contributed by atoms with E-state index < -0.39 is 36.7 Å². The van der Waals surface area contributed by atoms with Crippen LogP contribution in [0.25, 0.3) is 0 Å². The van der Waals surface area contributed by atoms with Gasteiger partial charge in [0.05, 0.1) is 12.1 Å². The van der Waals surface area contributed by atoms with E-state index in [-0.39, 0.29) is 27.4 Å². The number of rotatable bonds is 6. The van der Waals surface area contributed by atoms with Gasteiger partial charge in [-0.15, -0.1) is 0 Å². The fourth-order valence-electron chi connectivity index (χ4n) is 4.03. The molecule has 3 aromatic carbocycles. The third-order valence-corrected chi connectivity index (χ3v) is 6.29. The highest BCUT2D eigenvalue weighted by atomic mass is 19.4. The zero-order valence-corrected chi connectivity index (χ0v) is 19.6. The molecule has 0 aliphatic carbocycles. The molecule has 1 heterocycles. The highest BCUT2D eigenvalue weighted by molar-refractivity contribution is 6.03. The molecule has 0 aromatic heterocycles. The van der Waals surface area contributed by atoms with Gasteiger partial charge in [-0.3, -0.25) is 4.79 Å². The van der Waals surface area contributed by atoms with Gasteiger partial charge in [-0.05, 0) is 41.0 Å². The minimum absolute atomic E-state index is 0.00141. The van der Waals surface area contributed by atoms with Gasteiger partial charge < -0.3 is 9.84 Å². The Bertz CT molecular complexity index is 1260. The number of carbonyl (C=O) groups excluding carboxylic acids is 1. The maximum absolute atomic E-state index is 13.7. The lowest BCUT2D eigenvalue weighted by Gasteiger charge is -2.32. The second-order valence-corrected chi connectivity index (χ2v) is 9.05. The monoisotopic (exact) mass is 500 g/mol. The number of nitrogens with zero attached hydrogens (tertiary/aromatic N) is 2. The van der Waals surface area contributed by atoms with Crippen molar-refractivity contribution >= 4 is 11.6 Å². The van der Waals surface area contributed by atoms with E-state index in [1.807, 2.05) is 42.5 Å². The van der Waals surface area contributed by atoms with Crippen molar-refractivity contribution in [1.29, 1.82) is 0 Å². The summed E-state index contributed by atoms with van der Waals surface area (Å²) in [6, 6.07) is 21.3. The number of aliphatic hydroxyl groups is 1. The molecule has 0 saturated heterocycles. The Balaban J connectivity index is 1.50. The van der Waals surface area contributed by atoms with Crippen LogP contribution in [0.15, 0.2) is 84.0 Å². The Morgan fingerprint density at radius 2 is 1.56 bits per heavy atom. The van der Waals surface area contributed by atoms with Crippen molar-refractivity contribution in [1.82, 2.24) is 5.01 Å². The second kappa shape index (κ2) is 9.39. The van der Waals surface area contributed by atoms with E-state index in [4.69, 9.17) is 4.74 Å². The largest absolute Gasteiger partial charge is 0.484 e. The summed E-state index contributed by atoms with van der Waals surface area (Å²) >= 11 is 0. The lowest BCUT2D eigenvalue weighted by Crippen LogP contribution is -2.57. The molecule has 1 aliphatic rings. The van der Waals surface area contributed by atoms with Gasteiger partial charge in [0.2, 0.25) is 0 Å². The number of alkyl halides is 3. The second-order valence-electron chi connectivity index (χ2n) is 9.05. The zero-order chi connectivity index (χ0) is 26.1. The van der Waals surface area contributed by atoms with Crippen LogP contribution >= 0.6 is 0 Å². The molecule has 1 N–H and O–H groups in total. The predicted octanol–water partition coefficient (Wildman–Crippen LogP) is 5.42. The fraction of sp³-hybridized carbons (Fsp3) is 0.259. The van der Waals surface area contributed by atoms with Gasteiger partial charge in [-0.1, -0.05) is 68.4 Å². The molecule has 0 unspecified atom stereocenters. The normalized spacial score (nSPS) is 18.2. The number of hydrogen-bond donors (Lipinski definition) is 1. The summed E-state index contributed by atoms with van der Waals surface area (Å²) in [6.45, 7) is 3.34. The summed E-state index contributed by atoms with van der Waals surface area (Å²) < 4.78 is 59.9. The third kappa shape index (κ3) is 4.83. The molecular formula is C27H24F4N2O3. The highest BCUT2D eigenvalue weighted by Gasteiger charge is 2.63. The van der Waals surface area contributed by atoms with Crippen molar-refractivity contribution in [2.75, 3.05) is 6.61 Å². The smallest absolute Gasteiger partial charge is 0.438 e. The first-order valence-corrected chi connectivity index (χ1v) is 11.2. The van der Waals surface area contributed by atoms with Crippen LogP contribution in [0.1, 0.15) is 37.0 Å². The molecule has 1 aliphatic heterocycles. The van der Waals surface area contributed by atoms with E-state index in [0.717, 1.165) is 23.3 Å². The molecule has 4 rings (SSSR count). The van der Waals surface area contributed by atoms with Gasteiger partial charge in [0.25, 0.3) is 11.6 Å². The van der Waals surface area contributed by atoms with Gasteiger partial charge in [0.1, 0.15) is 11.6 Å². The number of carbonyl (C=O) groups is 1. The van der Waals surface area contributed by atoms with E-state index in [1.165, 1.54) is 12.1 Å². The summed E-state index contributed by atoms with van der Waals surface area (Å²) in [4.78, 5) is 12.7. The van der Waals surface area contributed by atoms with E-state index >= 15 is 0 Å². The van der Waals surface area contributed by atoms with Crippen LogP contribution in [0.5, 0.6) is 5.75 Å². The third-order valence-electron chi connectivity index (χ3n) is 6.29. The van der Waals surface area contributed by atoms with Crippen LogP contribution in [0.2, 0.25) is 0 Å². The van der Waals surface area contributed by atoms with Crippen LogP contribution in [0, 0.1) is 5.82 Å². The van der Waals surface area contributed by atoms with Crippen molar-refractivity contribution in [2.24, 2.45) is 5.10 Å². The van der Waals surface area contributed by atoms with Crippen molar-refractivity contribution in [3.63, 3.8) is 0 Å². The van der Waals surface area contributed by atoms with Crippen LogP contribution in [-0.2, 0) is 10.2 Å². The SMILES string of the molecule is CC(C)(c1ccccc1)c1ccc(OCC(=O)N2N=C(c3ccc(F)cc3)C[C@@]2(O)C(F)(F)F)cc1. The maximum atomic E-state index is 13.7. The molecule has 0 spiro atoms. The molecule has 9 heteroatoms. The summed E-state index contributed by atoms with van der Waals surface area (Å²) in [7, 11) is 0. The van der Waals surface area contributed by atoms with E-state index in [0.29, 0.717) is 0 Å². The quantitative estimate of drug-likeness (QED) is 0.460. The van der Waals surface area contributed by atoms with Crippen molar-refractivity contribution in [2.45, 2.75) is 37.6 Å². The number of hydrogen-bond acceptors (Lipinski definition) is 4. The van der Waals surface area contributed by atoms with Gasteiger partial charge in [-0.2, -0.15) is 23.3 Å². The van der Waals surface area contributed by atoms with Crippen molar-refractivity contribution < 1.29 is 32.2 Å². The molecule has 36 heavy (non-hydrogen) atoms. The van der Waals surface area contributed by atoms with Crippen LogP contribution in [0.4, 0.5) is 17.6 Å². The molecule has 1 atom stereocenters. The first kappa shape index (κ1) is 25.4. The summed E-state index contributed by atoms with van der Waals surface area (Å²) in [5.41, 5.74) is -1.81. The molecular weight excluding hydrogens is 476 g/mol. The summed E-state index contributed by atoms with van der Waals surface area (Å²) in [6.07, 6.45) is -6.17. The standard InChI is InChI=1S/C27H24F4N2O3/c1-25(2,19-6-4-3-5-7-19)20-10-14-22(15-11-20)36-17-24(34)33-26(35,27(29,30)31)16-23(32-33)18-8-12-21(28)13-9-18/h3-15,35H,16-17H2,1-2H3/t26-/m1/s1. The van der Waals surface area contributed by atoms with Crippen LogP contribution in [0.3, 0.4) is 0 Å². The lowest BCUT2D eigenvalue weighted by molar-refractivity contribution is -0.302. The summed E-state index contributed by atoms with van der Waals surface area (Å²) in [5, 5.41) is 14.1. The lowest BCUT2D eigenvalue weighted by atomic mass is 9.78. The molecule has 0 saturated carbocycles. The van der Waals surface area contributed by atoms with E-state index in [9.17, 15) is 27.5 Å².